The molecule has 0 aliphatic carbocycles. The number of nitrogens with zero attached hydrogens (tertiary/aromatic N) is 3. The minimum Gasteiger partial charge on any atom is -0.360 e. The molecule has 17 heavy (non-hydrogen) atoms. The fraction of sp³-hybridized carbons (Fsp3) is 0.500. The van der Waals surface area contributed by atoms with Gasteiger partial charge in [0, 0.05) is 31.4 Å². The molecule has 5 nitrogen and oxygen atoms in total. The van der Waals surface area contributed by atoms with Crippen molar-refractivity contribution in [3.8, 4) is 0 Å². The molecule has 0 fully saturated rings. The van der Waals surface area contributed by atoms with Gasteiger partial charge in [0.1, 0.15) is 0 Å². The van der Waals surface area contributed by atoms with Crippen LogP contribution in [0.25, 0.3) is 0 Å². The maximum absolute atomic E-state index is 5.13. The van der Waals surface area contributed by atoms with Crippen molar-refractivity contribution in [1.82, 2.24) is 20.3 Å². The normalized spacial score (nSPS) is 11.0. The van der Waals surface area contributed by atoms with Crippen molar-refractivity contribution in [3.63, 3.8) is 0 Å². The van der Waals surface area contributed by atoms with Crippen LogP contribution in [-0.2, 0) is 26.6 Å². The SMILES string of the molecule is CCc1nn(C)cc1CNCc1cc(C)no1. The highest BCUT2D eigenvalue weighted by Gasteiger charge is 2.06. The highest BCUT2D eigenvalue weighted by Crippen LogP contribution is 2.07. The van der Waals surface area contributed by atoms with Gasteiger partial charge in [0.05, 0.1) is 17.9 Å². The minimum atomic E-state index is 0.693. The summed E-state index contributed by atoms with van der Waals surface area (Å²) in [6, 6.07) is 1.94. The van der Waals surface area contributed by atoms with E-state index in [9.17, 15) is 0 Å². The lowest BCUT2D eigenvalue weighted by molar-refractivity contribution is 0.369. The van der Waals surface area contributed by atoms with Crippen LogP contribution >= 0.6 is 0 Å². The molecule has 2 aromatic heterocycles. The number of rotatable bonds is 5. The number of nitrogens with one attached hydrogen (secondary N) is 1. The van der Waals surface area contributed by atoms with Gasteiger partial charge in [-0.05, 0) is 13.3 Å². The van der Waals surface area contributed by atoms with Crippen molar-refractivity contribution in [1.29, 1.82) is 0 Å². The minimum absolute atomic E-state index is 0.693. The summed E-state index contributed by atoms with van der Waals surface area (Å²) in [6.45, 7) is 5.53. The molecule has 2 rings (SSSR count). The predicted molar refractivity (Wildman–Crippen MR) is 64.4 cm³/mol. The molecule has 0 atom stereocenters. The molecule has 92 valence electrons. The van der Waals surface area contributed by atoms with Crippen LogP contribution in [0.15, 0.2) is 16.8 Å². The maximum atomic E-state index is 5.13. The largest absolute Gasteiger partial charge is 0.360 e. The van der Waals surface area contributed by atoms with E-state index < -0.39 is 0 Å². The van der Waals surface area contributed by atoms with Gasteiger partial charge in [-0.2, -0.15) is 5.10 Å². The van der Waals surface area contributed by atoms with Gasteiger partial charge < -0.3 is 9.84 Å². The first kappa shape index (κ1) is 11.9. The number of hydrogen-bond acceptors (Lipinski definition) is 4. The molecule has 0 aliphatic heterocycles. The summed E-state index contributed by atoms with van der Waals surface area (Å²) in [5, 5.41) is 11.6. The Kier molecular flexibility index (Phi) is 3.58. The quantitative estimate of drug-likeness (QED) is 0.853. The average molecular weight is 234 g/mol. The first-order chi connectivity index (χ1) is 8.19. The Hall–Kier alpha value is -1.62. The fourth-order valence-corrected chi connectivity index (χ4v) is 1.85. The Morgan fingerprint density at radius 1 is 1.41 bits per heavy atom. The summed E-state index contributed by atoms with van der Waals surface area (Å²) >= 11 is 0. The van der Waals surface area contributed by atoms with E-state index in [4.69, 9.17) is 4.52 Å². The summed E-state index contributed by atoms with van der Waals surface area (Å²) in [7, 11) is 1.95. The molecule has 0 aliphatic rings. The van der Waals surface area contributed by atoms with Crippen LogP contribution in [0.1, 0.15) is 29.6 Å². The zero-order valence-corrected chi connectivity index (χ0v) is 10.5. The molecule has 0 bridgehead atoms. The van der Waals surface area contributed by atoms with Crippen molar-refractivity contribution in [2.24, 2.45) is 7.05 Å². The lowest BCUT2D eigenvalue weighted by atomic mass is 10.2. The Morgan fingerprint density at radius 3 is 2.88 bits per heavy atom. The maximum Gasteiger partial charge on any atom is 0.150 e. The van der Waals surface area contributed by atoms with Gasteiger partial charge in [0.15, 0.2) is 5.76 Å². The van der Waals surface area contributed by atoms with Gasteiger partial charge in [0.25, 0.3) is 0 Å². The van der Waals surface area contributed by atoms with Crippen molar-refractivity contribution < 1.29 is 4.52 Å². The summed E-state index contributed by atoms with van der Waals surface area (Å²) in [5.74, 6) is 0.865. The summed E-state index contributed by atoms with van der Waals surface area (Å²) in [6.07, 6.45) is 3.01. The number of hydrogen-bond donors (Lipinski definition) is 1. The van der Waals surface area contributed by atoms with Gasteiger partial charge in [-0.1, -0.05) is 12.1 Å². The van der Waals surface area contributed by atoms with Gasteiger partial charge >= 0.3 is 0 Å². The van der Waals surface area contributed by atoms with Crippen LogP contribution in [0.5, 0.6) is 0 Å². The second kappa shape index (κ2) is 5.14. The second-order valence-corrected chi connectivity index (χ2v) is 4.17. The Balaban J connectivity index is 1.89. The number of aryl methyl sites for hydroxylation is 3. The topological polar surface area (TPSA) is 55.9 Å². The van der Waals surface area contributed by atoms with Crippen LogP contribution < -0.4 is 5.32 Å². The lowest BCUT2D eigenvalue weighted by Crippen LogP contribution is -2.12. The smallest absolute Gasteiger partial charge is 0.150 e. The molecule has 0 spiro atoms. The highest BCUT2D eigenvalue weighted by atomic mass is 16.5. The van der Waals surface area contributed by atoms with Crippen LogP contribution in [0.4, 0.5) is 0 Å². The van der Waals surface area contributed by atoms with E-state index in [0.29, 0.717) is 6.54 Å². The fourth-order valence-electron chi connectivity index (χ4n) is 1.85. The molecule has 0 amide bonds. The molecule has 0 unspecified atom stereocenters. The van der Waals surface area contributed by atoms with E-state index in [1.165, 1.54) is 5.56 Å². The lowest BCUT2D eigenvalue weighted by Gasteiger charge is -2.01. The molecule has 0 saturated heterocycles. The molecule has 2 aromatic rings. The molecule has 5 heteroatoms. The van der Waals surface area contributed by atoms with Gasteiger partial charge in [-0.15, -0.1) is 0 Å². The van der Waals surface area contributed by atoms with Crippen molar-refractivity contribution in [3.05, 3.63) is 35.0 Å². The summed E-state index contributed by atoms with van der Waals surface area (Å²) in [4.78, 5) is 0. The molecule has 0 aromatic carbocycles. The average Bonchev–Trinajstić information content (AvgIpc) is 2.85. The van der Waals surface area contributed by atoms with Crippen LogP contribution in [0.2, 0.25) is 0 Å². The third-order valence-corrected chi connectivity index (χ3v) is 2.62. The molecule has 2 heterocycles. The number of aromatic nitrogens is 3. The third kappa shape index (κ3) is 2.94. The zero-order chi connectivity index (χ0) is 12.3. The van der Waals surface area contributed by atoms with E-state index in [2.05, 4.69) is 28.7 Å². The Labute approximate surface area is 101 Å². The van der Waals surface area contributed by atoms with E-state index >= 15 is 0 Å². The Bertz CT molecular complexity index is 486. The van der Waals surface area contributed by atoms with Crippen LogP contribution in [0, 0.1) is 6.92 Å². The third-order valence-electron chi connectivity index (χ3n) is 2.62. The van der Waals surface area contributed by atoms with Gasteiger partial charge in [0.2, 0.25) is 0 Å². The molecule has 0 saturated carbocycles. The standard InChI is InChI=1S/C12H18N4O/c1-4-12-10(8-16(3)14-12)6-13-7-11-5-9(2)15-17-11/h5,8,13H,4,6-7H2,1-3H3. The van der Waals surface area contributed by atoms with E-state index in [1.807, 2.05) is 24.7 Å². The predicted octanol–water partition coefficient (Wildman–Crippen LogP) is 1.57. The summed E-state index contributed by atoms with van der Waals surface area (Å²) < 4.78 is 6.99. The van der Waals surface area contributed by atoms with Crippen LogP contribution in [0.3, 0.4) is 0 Å². The van der Waals surface area contributed by atoms with Crippen molar-refractivity contribution >= 4 is 0 Å². The molecule has 1 N–H and O–H groups in total. The van der Waals surface area contributed by atoms with E-state index in [0.717, 1.165) is 30.1 Å². The first-order valence-corrected chi connectivity index (χ1v) is 5.83. The van der Waals surface area contributed by atoms with Crippen LogP contribution in [-0.4, -0.2) is 14.9 Å². The molecule has 0 radical (unpaired) electrons. The molecular formula is C12H18N4O. The van der Waals surface area contributed by atoms with Crippen molar-refractivity contribution in [2.75, 3.05) is 0 Å². The van der Waals surface area contributed by atoms with Gasteiger partial charge in [-0.25, -0.2) is 0 Å². The second-order valence-electron chi connectivity index (χ2n) is 4.17. The summed E-state index contributed by atoms with van der Waals surface area (Å²) in [5.41, 5.74) is 3.30. The monoisotopic (exact) mass is 234 g/mol. The van der Waals surface area contributed by atoms with E-state index in [-0.39, 0.29) is 0 Å². The zero-order valence-electron chi connectivity index (χ0n) is 10.5. The highest BCUT2D eigenvalue weighted by molar-refractivity contribution is 5.16. The van der Waals surface area contributed by atoms with E-state index in [1.54, 1.807) is 0 Å². The molecular weight excluding hydrogens is 216 g/mol. The van der Waals surface area contributed by atoms with Crippen molar-refractivity contribution in [2.45, 2.75) is 33.4 Å². The first-order valence-electron chi connectivity index (χ1n) is 5.83. The Morgan fingerprint density at radius 2 is 2.24 bits per heavy atom. The van der Waals surface area contributed by atoms with Gasteiger partial charge in [-0.3, -0.25) is 4.68 Å².